The van der Waals surface area contributed by atoms with Crippen LogP contribution >= 0.6 is 0 Å². The van der Waals surface area contributed by atoms with Crippen LogP contribution in [0.25, 0.3) is 11.1 Å². The Labute approximate surface area is 193 Å². The predicted octanol–water partition coefficient (Wildman–Crippen LogP) is 2.72. The summed E-state index contributed by atoms with van der Waals surface area (Å²) in [5.41, 5.74) is 1.51. The molecule has 0 bridgehead atoms. The van der Waals surface area contributed by atoms with Crippen LogP contribution in [-0.4, -0.2) is 31.0 Å². The van der Waals surface area contributed by atoms with Crippen LogP contribution in [0, 0.1) is 5.92 Å². The van der Waals surface area contributed by atoms with Crippen LogP contribution in [0.1, 0.15) is 38.2 Å². The number of fused-ring (bicyclic) bond motifs is 1. The number of rotatable bonds is 7. The van der Waals surface area contributed by atoms with E-state index in [1.54, 1.807) is 7.05 Å². The number of sulfonamides is 1. The summed E-state index contributed by atoms with van der Waals surface area (Å²) in [6.45, 7) is 2.11. The number of hydrogen-bond acceptors (Lipinski definition) is 5. The quantitative estimate of drug-likeness (QED) is 0.551. The standard InChI is InChI=1S/C24H29N3O5S/c1-16-8-6-7-11-19(16)25-23(28)20(14-17-9-4-3-5-10-17)26-33(30,31)18-12-13-21-22(15-18)32-24(29)27(21)2/h3-5,9-10,12-13,15-16,19-20,26H,6-8,11,14H2,1-2H3,(H,25,28)/t16-,19+,20+/m1/s1. The van der Waals surface area contributed by atoms with Crippen LogP contribution in [0.4, 0.5) is 0 Å². The van der Waals surface area contributed by atoms with Gasteiger partial charge in [-0.1, -0.05) is 50.1 Å². The molecule has 8 nitrogen and oxygen atoms in total. The molecule has 1 heterocycles. The summed E-state index contributed by atoms with van der Waals surface area (Å²) in [6.07, 6.45) is 4.35. The van der Waals surface area contributed by atoms with Gasteiger partial charge in [0.25, 0.3) is 0 Å². The third kappa shape index (κ3) is 5.20. The number of aromatic nitrogens is 1. The molecule has 0 unspecified atom stereocenters. The van der Waals surface area contributed by atoms with E-state index in [-0.39, 0.29) is 28.8 Å². The summed E-state index contributed by atoms with van der Waals surface area (Å²) in [4.78, 5) is 24.9. The molecule has 3 aromatic rings. The summed E-state index contributed by atoms with van der Waals surface area (Å²) < 4.78 is 35.4. The third-order valence-electron chi connectivity index (χ3n) is 6.41. The van der Waals surface area contributed by atoms with Gasteiger partial charge in [-0.2, -0.15) is 4.72 Å². The first-order valence-electron chi connectivity index (χ1n) is 11.2. The Morgan fingerprint density at radius 3 is 2.61 bits per heavy atom. The van der Waals surface area contributed by atoms with Gasteiger partial charge in [-0.25, -0.2) is 13.2 Å². The first-order valence-corrected chi connectivity index (χ1v) is 12.7. The van der Waals surface area contributed by atoms with Gasteiger partial charge in [-0.15, -0.1) is 0 Å². The van der Waals surface area contributed by atoms with Crippen molar-refractivity contribution in [3.05, 3.63) is 64.6 Å². The molecular weight excluding hydrogens is 442 g/mol. The number of amides is 1. The fraction of sp³-hybridized carbons (Fsp3) is 0.417. The molecule has 176 valence electrons. The number of carbonyl (C=O) groups excluding carboxylic acids is 1. The number of benzene rings is 2. The Hall–Kier alpha value is -2.91. The Morgan fingerprint density at radius 1 is 1.15 bits per heavy atom. The number of nitrogens with zero attached hydrogens (tertiary/aromatic N) is 1. The molecule has 1 saturated carbocycles. The summed E-state index contributed by atoms with van der Waals surface area (Å²) in [5.74, 6) is -0.566. The Morgan fingerprint density at radius 2 is 1.88 bits per heavy atom. The predicted molar refractivity (Wildman–Crippen MR) is 125 cm³/mol. The highest BCUT2D eigenvalue weighted by molar-refractivity contribution is 7.89. The Kier molecular flexibility index (Phi) is 6.71. The minimum atomic E-state index is -4.06. The van der Waals surface area contributed by atoms with Crippen LogP contribution in [0.3, 0.4) is 0 Å². The van der Waals surface area contributed by atoms with E-state index in [4.69, 9.17) is 4.42 Å². The highest BCUT2D eigenvalue weighted by atomic mass is 32.2. The first-order chi connectivity index (χ1) is 15.7. The number of nitrogens with one attached hydrogen (secondary N) is 2. The lowest BCUT2D eigenvalue weighted by molar-refractivity contribution is -0.124. The molecule has 0 aliphatic heterocycles. The zero-order chi connectivity index (χ0) is 23.6. The molecule has 1 aliphatic carbocycles. The summed E-state index contributed by atoms with van der Waals surface area (Å²) in [6, 6.07) is 12.6. The maximum absolute atomic E-state index is 13.2. The molecule has 0 saturated heterocycles. The maximum Gasteiger partial charge on any atom is 0.419 e. The molecular formula is C24H29N3O5S. The van der Waals surface area contributed by atoms with E-state index in [9.17, 15) is 18.0 Å². The Balaban J connectivity index is 1.60. The van der Waals surface area contributed by atoms with Crippen molar-refractivity contribution in [2.24, 2.45) is 13.0 Å². The molecule has 0 spiro atoms. The van der Waals surface area contributed by atoms with Crippen molar-refractivity contribution in [1.82, 2.24) is 14.6 Å². The second-order valence-electron chi connectivity index (χ2n) is 8.80. The third-order valence-corrected chi connectivity index (χ3v) is 7.88. The fourth-order valence-electron chi connectivity index (χ4n) is 4.39. The van der Waals surface area contributed by atoms with Gasteiger partial charge in [-0.05, 0) is 42.9 Å². The molecule has 1 aliphatic rings. The Bertz CT molecular complexity index is 1300. The van der Waals surface area contributed by atoms with Crippen molar-refractivity contribution in [2.75, 3.05) is 0 Å². The lowest BCUT2D eigenvalue weighted by Gasteiger charge is -2.31. The van der Waals surface area contributed by atoms with Gasteiger partial charge < -0.3 is 9.73 Å². The summed E-state index contributed by atoms with van der Waals surface area (Å²) in [7, 11) is -2.51. The average molecular weight is 472 g/mol. The van der Waals surface area contributed by atoms with Crippen LogP contribution in [0.2, 0.25) is 0 Å². The van der Waals surface area contributed by atoms with Crippen molar-refractivity contribution in [2.45, 2.75) is 56.0 Å². The molecule has 1 amide bonds. The van der Waals surface area contributed by atoms with E-state index in [2.05, 4.69) is 17.0 Å². The van der Waals surface area contributed by atoms with E-state index in [0.29, 0.717) is 11.4 Å². The van der Waals surface area contributed by atoms with Gasteiger partial charge in [0.2, 0.25) is 15.9 Å². The number of hydrogen-bond donors (Lipinski definition) is 2. The van der Waals surface area contributed by atoms with Gasteiger partial charge in [0.1, 0.15) is 6.04 Å². The molecule has 2 N–H and O–H groups in total. The summed E-state index contributed by atoms with van der Waals surface area (Å²) >= 11 is 0. The minimum absolute atomic E-state index is 0.0315. The van der Waals surface area contributed by atoms with Crippen LogP contribution in [0.5, 0.6) is 0 Å². The molecule has 2 aromatic carbocycles. The molecule has 1 aromatic heterocycles. The van der Waals surface area contributed by atoms with E-state index in [1.807, 2.05) is 30.3 Å². The minimum Gasteiger partial charge on any atom is -0.408 e. The van der Waals surface area contributed by atoms with Crippen molar-refractivity contribution in [3.63, 3.8) is 0 Å². The molecule has 9 heteroatoms. The number of carbonyl (C=O) groups is 1. The van der Waals surface area contributed by atoms with Crippen molar-refractivity contribution in [3.8, 4) is 0 Å². The van der Waals surface area contributed by atoms with Crippen molar-refractivity contribution in [1.29, 1.82) is 0 Å². The van der Waals surface area contributed by atoms with E-state index < -0.39 is 21.8 Å². The second kappa shape index (κ2) is 9.52. The molecule has 0 radical (unpaired) electrons. The molecule has 4 rings (SSSR count). The van der Waals surface area contributed by atoms with E-state index in [0.717, 1.165) is 31.2 Å². The zero-order valence-corrected chi connectivity index (χ0v) is 19.6. The van der Waals surface area contributed by atoms with E-state index in [1.165, 1.54) is 22.8 Å². The normalized spacial score (nSPS) is 19.9. The zero-order valence-electron chi connectivity index (χ0n) is 18.8. The molecule has 1 fully saturated rings. The summed E-state index contributed by atoms with van der Waals surface area (Å²) in [5, 5.41) is 3.07. The fourth-order valence-corrected chi connectivity index (χ4v) is 5.60. The van der Waals surface area contributed by atoms with Gasteiger partial charge >= 0.3 is 5.76 Å². The van der Waals surface area contributed by atoms with Gasteiger partial charge in [0.05, 0.1) is 10.4 Å². The molecule has 33 heavy (non-hydrogen) atoms. The smallest absolute Gasteiger partial charge is 0.408 e. The lowest BCUT2D eigenvalue weighted by Crippen LogP contribution is -2.52. The molecule has 3 atom stereocenters. The van der Waals surface area contributed by atoms with Crippen LogP contribution < -0.4 is 15.8 Å². The van der Waals surface area contributed by atoms with Gasteiger partial charge in [0, 0.05) is 19.2 Å². The van der Waals surface area contributed by atoms with Crippen LogP contribution in [0.15, 0.2) is 62.6 Å². The number of aryl methyl sites for hydroxylation is 1. The topological polar surface area (TPSA) is 110 Å². The van der Waals surface area contributed by atoms with Crippen LogP contribution in [-0.2, 0) is 28.3 Å². The second-order valence-corrected chi connectivity index (χ2v) is 10.5. The SMILES string of the molecule is C[C@@H]1CCCC[C@@H]1NC(=O)[C@H](Cc1ccccc1)NS(=O)(=O)c1ccc2c(c1)oc(=O)n2C. The average Bonchev–Trinajstić information content (AvgIpc) is 3.08. The highest BCUT2D eigenvalue weighted by Crippen LogP contribution is 2.24. The van der Waals surface area contributed by atoms with E-state index >= 15 is 0 Å². The van der Waals surface area contributed by atoms with Crippen molar-refractivity contribution < 1.29 is 17.6 Å². The number of oxazole rings is 1. The van der Waals surface area contributed by atoms with Gasteiger partial charge in [0.15, 0.2) is 5.58 Å². The first kappa shape index (κ1) is 23.3. The lowest BCUT2D eigenvalue weighted by atomic mass is 9.86. The maximum atomic E-state index is 13.2. The van der Waals surface area contributed by atoms with Crippen molar-refractivity contribution >= 4 is 27.0 Å². The van der Waals surface area contributed by atoms with Gasteiger partial charge in [-0.3, -0.25) is 9.36 Å². The highest BCUT2D eigenvalue weighted by Gasteiger charge is 2.30. The largest absolute Gasteiger partial charge is 0.419 e. The monoisotopic (exact) mass is 471 g/mol.